The van der Waals surface area contributed by atoms with E-state index in [1.165, 1.54) is 0 Å². The highest BCUT2D eigenvalue weighted by Crippen LogP contribution is 1.96. The minimum atomic E-state index is -3.24. The van der Waals surface area contributed by atoms with E-state index in [-0.39, 0.29) is 17.3 Å². The standard InChI is InChI=1S/C5H12BrNO3S/c1-2-5(3-8)7-11(9,10)4-6/h5,7-8H,2-4H2,1H3/t5-/m1/s1. The second kappa shape index (κ2) is 5.08. The van der Waals surface area contributed by atoms with Gasteiger partial charge < -0.3 is 5.11 Å². The van der Waals surface area contributed by atoms with Crippen molar-refractivity contribution >= 4 is 26.0 Å². The Bertz CT molecular complexity index is 188. The molecule has 68 valence electrons. The third kappa shape index (κ3) is 4.73. The third-order valence-electron chi connectivity index (χ3n) is 1.20. The van der Waals surface area contributed by atoms with Gasteiger partial charge in [0.2, 0.25) is 10.0 Å². The van der Waals surface area contributed by atoms with Gasteiger partial charge in [-0.05, 0) is 6.42 Å². The first-order valence-electron chi connectivity index (χ1n) is 3.22. The van der Waals surface area contributed by atoms with Gasteiger partial charge in [0.25, 0.3) is 0 Å². The van der Waals surface area contributed by atoms with Crippen LogP contribution in [0.25, 0.3) is 0 Å². The predicted molar refractivity (Wildman–Crippen MR) is 47.0 cm³/mol. The van der Waals surface area contributed by atoms with Crippen molar-refractivity contribution in [3.8, 4) is 0 Å². The molecule has 0 aliphatic heterocycles. The average molecular weight is 246 g/mol. The summed E-state index contributed by atoms with van der Waals surface area (Å²) in [6.45, 7) is 1.64. The van der Waals surface area contributed by atoms with E-state index in [1.807, 2.05) is 0 Å². The largest absolute Gasteiger partial charge is 0.395 e. The molecule has 0 aromatic rings. The van der Waals surface area contributed by atoms with E-state index in [0.29, 0.717) is 6.42 Å². The summed E-state index contributed by atoms with van der Waals surface area (Å²) in [5.74, 6) is 0. The molecule has 0 bridgehead atoms. The second-order valence-corrected chi connectivity index (χ2v) is 5.19. The van der Waals surface area contributed by atoms with Crippen LogP contribution in [0.3, 0.4) is 0 Å². The van der Waals surface area contributed by atoms with Crippen LogP contribution >= 0.6 is 15.9 Å². The molecule has 0 saturated carbocycles. The van der Waals surface area contributed by atoms with Gasteiger partial charge in [-0.3, -0.25) is 0 Å². The van der Waals surface area contributed by atoms with Gasteiger partial charge in [-0.25, -0.2) is 13.1 Å². The lowest BCUT2D eigenvalue weighted by molar-refractivity contribution is 0.254. The summed E-state index contributed by atoms with van der Waals surface area (Å²) in [6.07, 6.45) is 0.586. The van der Waals surface area contributed by atoms with Gasteiger partial charge in [0.15, 0.2) is 0 Å². The Labute approximate surface area is 75.2 Å². The highest BCUT2D eigenvalue weighted by molar-refractivity contribution is 9.10. The summed E-state index contributed by atoms with van der Waals surface area (Å²) in [7, 11) is -3.24. The van der Waals surface area contributed by atoms with Crippen LogP contribution in [0.1, 0.15) is 13.3 Å². The molecule has 0 amide bonds. The maximum Gasteiger partial charge on any atom is 0.221 e. The van der Waals surface area contributed by atoms with E-state index in [2.05, 4.69) is 20.7 Å². The van der Waals surface area contributed by atoms with E-state index in [9.17, 15) is 8.42 Å². The van der Waals surface area contributed by atoms with Crippen LogP contribution in [0, 0.1) is 0 Å². The van der Waals surface area contributed by atoms with Gasteiger partial charge in [-0.15, -0.1) is 0 Å². The Hall–Kier alpha value is 0.350. The molecule has 0 aliphatic carbocycles. The molecule has 4 nitrogen and oxygen atoms in total. The van der Waals surface area contributed by atoms with Crippen molar-refractivity contribution in [3.63, 3.8) is 0 Å². The number of halogens is 1. The topological polar surface area (TPSA) is 66.4 Å². The normalized spacial score (nSPS) is 14.8. The number of aliphatic hydroxyl groups excluding tert-OH is 1. The lowest BCUT2D eigenvalue weighted by Crippen LogP contribution is -2.37. The molecule has 0 spiro atoms. The Morgan fingerprint density at radius 2 is 2.18 bits per heavy atom. The van der Waals surface area contributed by atoms with Crippen LogP contribution in [-0.4, -0.2) is 30.8 Å². The fourth-order valence-electron chi connectivity index (χ4n) is 0.535. The molecule has 0 unspecified atom stereocenters. The molecule has 0 saturated heterocycles. The maximum atomic E-state index is 10.9. The number of hydrogen-bond donors (Lipinski definition) is 2. The molecule has 0 fully saturated rings. The van der Waals surface area contributed by atoms with Gasteiger partial charge in [0.05, 0.1) is 6.61 Å². The number of alkyl halides is 1. The molecule has 6 heteroatoms. The summed E-state index contributed by atoms with van der Waals surface area (Å²) >= 11 is 2.83. The molecular weight excluding hydrogens is 234 g/mol. The first-order valence-corrected chi connectivity index (χ1v) is 6.00. The van der Waals surface area contributed by atoms with Gasteiger partial charge in [-0.2, -0.15) is 0 Å². The Kier molecular flexibility index (Phi) is 5.24. The minimum Gasteiger partial charge on any atom is -0.395 e. The Balaban J connectivity index is 4.01. The van der Waals surface area contributed by atoms with E-state index in [1.54, 1.807) is 6.92 Å². The smallest absolute Gasteiger partial charge is 0.221 e. The molecular formula is C5H12BrNO3S. The van der Waals surface area contributed by atoms with Crippen LogP contribution in [0.5, 0.6) is 0 Å². The summed E-state index contributed by atoms with van der Waals surface area (Å²) in [6, 6.07) is -0.363. The SMILES string of the molecule is CC[C@H](CO)NS(=O)(=O)CBr. The fraction of sp³-hybridized carbons (Fsp3) is 1.00. The van der Waals surface area contributed by atoms with Crippen LogP contribution in [-0.2, 0) is 10.0 Å². The number of aliphatic hydroxyl groups is 1. The number of sulfonamides is 1. The summed E-state index contributed by atoms with van der Waals surface area (Å²) < 4.78 is 23.9. The molecule has 1 atom stereocenters. The van der Waals surface area contributed by atoms with Crippen molar-refractivity contribution in [1.82, 2.24) is 4.72 Å². The maximum absolute atomic E-state index is 10.9. The zero-order valence-electron chi connectivity index (χ0n) is 6.25. The average Bonchev–Trinajstić information content (AvgIpc) is 2.00. The lowest BCUT2D eigenvalue weighted by atomic mass is 10.3. The van der Waals surface area contributed by atoms with Crippen molar-refractivity contribution in [3.05, 3.63) is 0 Å². The van der Waals surface area contributed by atoms with Gasteiger partial charge >= 0.3 is 0 Å². The highest BCUT2D eigenvalue weighted by atomic mass is 79.9. The van der Waals surface area contributed by atoms with Crippen LogP contribution in [0.15, 0.2) is 0 Å². The molecule has 0 heterocycles. The van der Waals surface area contributed by atoms with Gasteiger partial charge in [0, 0.05) is 6.04 Å². The minimum absolute atomic E-state index is 0.128. The van der Waals surface area contributed by atoms with Crippen LogP contribution < -0.4 is 4.72 Å². The number of nitrogens with one attached hydrogen (secondary N) is 1. The quantitative estimate of drug-likeness (QED) is 0.672. The van der Waals surface area contributed by atoms with Gasteiger partial charge in [0.1, 0.15) is 4.66 Å². The van der Waals surface area contributed by atoms with E-state index >= 15 is 0 Å². The summed E-state index contributed by atoms with van der Waals surface area (Å²) in [5.41, 5.74) is 0. The lowest BCUT2D eigenvalue weighted by Gasteiger charge is -2.12. The monoisotopic (exact) mass is 245 g/mol. The predicted octanol–water partition coefficient (Wildman–Crippen LogP) is 0.0291. The van der Waals surface area contributed by atoms with Crippen molar-refractivity contribution in [1.29, 1.82) is 0 Å². The molecule has 11 heavy (non-hydrogen) atoms. The van der Waals surface area contributed by atoms with Crippen molar-refractivity contribution in [2.45, 2.75) is 19.4 Å². The van der Waals surface area contributed by atoms with Gasteiger partial charge in [-0.1, -0.05) is 22.9 Å². The highest BCUT2D eigenvalue weighted by Gasteiger charge is 2.13. The summed E-state index contributed by atoms with van der Waals surface area (Å²) in [5, 5.41) is 8.64. The molecule has 0 aliphatic rings. The van der Waals surface area contributed by atoms with Crippen molar-refractivity contribution in [2.24, 2.45) is 0 Å². The van der Waals surface area contributed by atoms with E-state index < -0.39 is 10.0 Å². The third-order valence-corrected chi connectivity index (χ3v) is 3.99. The van der Waals surface area contributed by atoms with E-state index in [0.717, 1.165) is 0 Å². The van der Waals surface area contributed by atoms with Crippen LogP contribution in [0.2, 0.25) is 0 Å². The number of hydrogen-bond acceptors (Lipinski definition) is 3. The first kappa shape index (κ1) is 11.4. The summed E-state index contributed by atoms with van der Waals surface area (Å²) in [4.78, 5) is 0. The molecule has 2 N–H and O–H groups in total. The van der Waals surface area contributed by atoms with Crippen LogP contribution in [0.4, 0.5) is 0 Å². The Morgan fingerprint density at radius 3 is 2.45 bits per heavy atom. The fourth-order valence-corrected chi connectivity index (χ4v) is 1.74. The molecule has 0 radical (unpaired) electrons. The van der Waals surface area contributed by atoms with Crippen molar-refractivity contribution < 1.29 is 13.5 Å². The Morgan fingerprint density at radius 1 is 1.64 bits per heavy atom. The first-order chi connectivity index (χ1) is 5.05. The number of rotatable bonds is 5. The van der Waals surface area contributed by atoms with E-state index in [4.69, 9.17) is 5.11 Å². The van der Waals surface area contributed by atoms with Crippen molar-refractivity contribution in [2.75, 3.05) is 11.3 Å². The second-order valence-electron chi connectivity index (χ2n) is 2.13. The zero-order chi connectivity index (χ0) is 8.91. The zero-order valence-corrected chi connectivity index (χ0v) is 8.65. The molecule has 0 aromatic heterocycles. The molecule has 0 aromatic carbocycles. The molecule has 0 rings (SSSR count).